The number of aliphatic carboxylic acids is 2. The van der Waals surface area contributed by atoms with Gasteiger partial charge >= 0.3 is 24.0 Å². The highest BCUT2D eigenvalue weighted by Gasteiger charge is 2.33. The van der Waals surface area contributed by atoms with Crippen LogP contribution in [0, 0.1) is 0 Å². The first-order valence-electron chi connectivity index (χ1n) is 11.4. The highest BCUT2D eigenvalue weighted by atomic mass is 33.1. The number of hydrogen-bond acceptors (Lipinski definition) is 8. The van der Waals surface area contributed by atoms with Crippen LogP contribution in [0.2, 0.25) is 0 Å². The molecular formula is C25H35NO8S2. The Morgan fingerprint density at radius 2 is 1.75 bits per heavy atom. The molecule has 3 N–H and O–H groups in total. The number of allylic oxidation sites excluding steroid dienone is 1. The van der Waals surface area contributed by atoms with Crippen molar-refractivity contribution in [2.24, 2.45) is 0 Å². The molecule has 1 amide bonds. The molecular weight excluding hydrogens is 506 g/mol. The average Bonchev–Trinajstić information content (AvgIpc) is 2.73. The fraction of sp³-hybridized carbons (Fsp3) is 0.520. The largest absolute Gasteiger partial charge is 0.481 e. The third-order valence-corrected chi connectivity index (χ3v) is 7.45. The maximum atomic E-state index is 12.8. The second-order valence-corrected chi connectivity index (χ2v) is 12.1. The lowest BCUT2D eigenvalue weighted by atomic mass is 10.1. The third-order valence-electron chi connectivity index (χ3n) is 4.40. The number of hydrogen-bond donors (Lipinski definition) is 3. The molecule has 0 aliphatic carbocycles. The Morgan fingerprint density at radius 1 is 1.11 bits per heavy atom. The van der Waals surface area contributed by atoms with Gasteiger partial charge in [0.25, 0.3) is 0 Å². The first kappa shape index (κ1) is 31.4. The van der Waals surface area contributed by atoms with Crippen molar-refractivity contribution >= 4 is 45.6 Å². The summed E-state index contributed by atoms with van der Waals surface area (Å²) < 4.78 is 10.5. The molecule has 0 aromatic heterocycles. The molecule has 0 aliphatic rings. The number of carboxylic acid groups (broad SMARTS) is 2. The zero-order valence-corrected chi connectivity index (χ0v) is 23.0. The van der Waals surface area contributed by atoms with Crippen molar-refractivity contribution in [3.63, 3.8) is 0 Å². The summed E-state index contributed by atoms with van der Waals surface area (Å²) >= 11 is 0. The number of amides is 1. The molecule has 0 aliphatic heterocycles. The highest BCUT2D eigenvalue weighted by Crippen LogP contribution is 2.38. The number of esters is 1. The molecule has 11 heteroatoms. The van der Waals surface area contributed by atoms with Gasteiger partial charge < -0.3 is 25.0 Å². The van der Waals surface area contributed by atoms with Gasteiger partial charge in [-0.05, 0) is 52.7 Å². The molecule has 0 fully saturated rings. The summed E-state index contributed by atoms with van der Waals surface area (Å²) in [6, 6.07) is 6.01. The van der Waals surface area contributed by atoms with E-state index in [1.54, 1.807) is 46.8 Å². The van der Waals surface area contributed by atoms with Gasteiger partial charge in [-0.1, -0.05) is 58.4 Å². The molecule has 0 heterocycles. The Kier molecular flexibility index (Phi) is 12.9. The number of carbonyl (C=O) groups is 4. The van der Waals surface area contributed by atoms with Crippen LogP contribution in [0.5, 0.6) is 0 Å². The van der Waals surface area contributed by atoms with Crippen LogP contribution in [-0.4, -0.2) is 57.2 Å². The number of benzene rings is 1. The Balaban J connectivity index is 2.94. The number of carboxylic acids is 2. The van der Waals surface area contributed by atoms with Crippen LogP contribution in [-0.2, 0) is 30.3 Å². The van der Waals surface area contributed by atoms with Gasteiger partial charge in [0.15, 0.2) is 0 Å². The number of ether oxygens (including phenoxy) is 2. The molecule has 0 spiro atoms. The number of nitrogens with one attached hydrogen (secondary N) is 1. The van der Waals surface area contributed by atoms with Crippen molar-refractivity contribution in [1.82, 2.24) is 5.32 Å². The Hall–Kier alpha value is -2.66. The molecule has 1 rings (SSSR count). The van der Waals surface area contributed by atoms with E-state index >= 15 is 0 Å². The lowest BCUT2D eigenvalue weighted by molar-refractivity contribution is -0.164. The van der Waals surface area contributed by atoms with Gasteiger partial charge in [0.05, 0.1) is 12.5 Å². The van der Waals surface area contributed by atoms with Crippen LogP contribution in [0.15, 0.2) is 40.8 Å². The van der Waals surface area contributed by atoms with Gasteiger partial charge in [-0.15, -0.1) is 0 Å². The highest BCUT2D eigenvalue weighted by molar-refractivity contribution is 8.77. The average molecular weight is 542 g/mol. The van der Waals surface area contributed by atoms with Crippen LogP contribution in [0.3, 0.4) is 0 Å². The van der Waals surface area contributed by atoms with Crippen LogP contribution in [0.1, 0.15) is 59.9 Å². The van der Waals surface area contributed by atoms with Crippen LogP contribution in [0.25, 0.3) is 0 Å². The number of carbonyl (C=O) groups excluding carboxylic acids is 2. The van der Waals surface area contributed by atoms with Gasteiger partial charge in [-0.25, -0.2) is 9.59 Å². The van der Waals surface area contributed by atoms with E-state index in [1.807, 2.05) is 19.1 Å². The standard InChI is InChI=1S/C25H35NO8S2/c1-15(2)13-18(26-24(32)34-25(4,5)6)22(23(30)31)33-21(29)14-17-9-7-8-10-19(17)36-35-16(3)11-12-20(27)28/h7-10,13,16,18,22H,11-12,14H2,1-6H3,(H,26,32)(H,27,28)(H,30,31)/t16?,18-,22+/m0/s1. The van der Waals surface area contributed by atoms with E-state index in [1.165, 1.54) is 27.7 Å². The van der Waals surface area contributed by atoms with Crippen molar-refractivity contribution in [2.75, 3.05) is 0 Å². The predicted molar refractivity (Wildman–Crippen MR) is 140 cm³/mol. The quantitative estimate of drug-likeness (QED) is 0.176. The zero-order valence-electron chi connectivity index (χ0n) is 21.4. The van der Waals surface area contributed by atoms with Crippen LogP contribution in [0.4, 0.5) is 4.79 Å². The fourth-order valence-electron chi connectivity index (χ4n) is 2.86. The van der Waals surface area contributed by atoms with Crippen molar-refractivity contribution in [2.45, 2.75) is 88.7 Å². The molecule has 200 valence electrons. The van der Waals surface area contributed by atoms with Crippen molar-refractivity contribution < 1.29 is 38.9 Å². The first-order chi connectivity index (χ1) is 16.7. The topological polar surface area (TPSA) is 139 Å². The third kappa shape index (κ3) is 12.9. The van der Waals surface area contributed by atoms with E-state index in [0.717, 1.165) is 4.90 Å². The molecule has 1 unspecified atom stereocenters. The lowest BCUT2D eigenvalue weighted by Gasteiger charge is -2.26. The van der Waals surface area contributed by atoms with Gasteiger partial charge in [0, 0.05) is 16.6 Å². The van der Waals surface area contributed by atoms with Crippen molar-refractivity contribution in [3.05, 3.63) is 41.5 Å². The second kappa shape index (κ2) is 14.8. The zero-order chi connectivity index (χ0) is 27.5. The smallest absolute Gasteiger partial charge is 0.408 e. The molecule has 36 heavy (non-hydrogen) atoms. The molecule has 0 saturated carbocycles. The van der Waals surface area contributed by atoms with E-state index in [9.17, 15) is 24.3 Å². The summed E-state index contributed by atoms with van der Waals surface area (Å²) in [7, 11) is 2.91. The van der Waals surface area contributed by atoms with Gasteiger partial charge in [0.1, 0.15) is 5.60 Å². The normalized spacial score (nSPS) is 13.6. The minimum absolute atomic E-state index is 0.0729. The maximum Gasteiger partial charge on any atom is 0.408 e. The summed E-state index contributed by atoms with van der Waals surface area (Å²) in [5.74, 6) is -3.03. The van der Waals surface area contributed by atoms with Crippen molar-refractivity contribution in [3.8, 4) is 0 Å². The van der Waals surface area contributed by atoms with E-state index in [-0.39, 0.29) is 18.1 Å². The molecule has 0 bridgehead atoms. The summed E-state index contributed by atoms with van der Waals surface area (Å²) in [6.45, 7) is 10.4. The van der Waals surface area contributed by atoms with Crippen LogP contribution >= 0.6 is 21.6 Å². The maximum absolute atomic E-state index is 12.8. The minimum Gasteiger partial charge on any atom is -0.481 e. The molecule has 1 aromatic carbocycles. The molecule has 3 atom stereocenters. The van der Waals surface area contributed by atoms with Crippen molar-refractivity contribution in [1.29, 1.82) is 0 Å². The minimum atomic E-state index is -1.66. The molecule has 9 nitrogen and oxygen atoms in total. The Bertz CT molecular complexity index is 954. The Labute approximate surface area is 219 Å². The number of rotatable bonds is 13. The van der Waals surface area contributed by atoms with E-state index in [4.69, 9.17) is 14.6 Å². The SMILES string of the molecule is CC(C)=C[C@H](NC(=O)OC(C)(C)C)[C@@H](OC(=O)Cc1ccccc1SSC(C)CCC(=O)O)C(=O)O. The van der Waals surface area contributed by atoms with E-state index in [2.05, 4.69) is 5.32 Å². The van der Waals surface area contributed by atoms with Gasteiger partial charge in [-0.3, -0.25) is 9.59 Å². The lowest BCUT2D eigenvalue weighted by Crippen LogP contribution is -2.49. The summed E-state index contributed by atoms with van der Waals surface area (Å²) in [5.41, 5.74) is 0.571. The van der Waals surface area contributed by atoms with Gasteiger partial charge in [0.2, 0.25) is 6.10 Å². The van der Waals surface area contributed by atoms with E-state index < -0.39 is 41.7 Å². The summed E-state index contributed by atoms with van der Waals surface area (Å²) in [4.78, 5) is 48.6. The molecule has 0 radical (unpaired) electrons. The monoisotopic (exact) mass is 541 g/mol. The van der Waals surface area contributed by atoms with Crippen LogP contribution < -0.4 is 5.32 Å². The molecule has 1 aromatic rings. The van der Waals surface area contributed by atoms with E-state index in [0.29, 0.717) is 17.6 Å². The Morgan fingerprint density at radius 3 is 2.31 bits per heavy atom. The van der Waals surface area contributed by atoms with Gasteiger partial charge in [-0.2, -0.15) is 0 Å². The fourth-order valence-corrected chi connectivity index (χ4v) is 5.31. The molecule has 0 saturated heterocycles. The first-order valence-corrected chi connectivity index (χ1v) is 13.6. The predicted octanol–water partition coefficient (Wildman–Crippen LogP) is 5.08. The number of alkyl carbamates (subject to hydrolysis) is 1. The second-order valence-electron chi connectivity index (χ2n) is 9.37. The summed E-state index contributed by atoms with van der Waals surface area (Å²) in [6.07, 6.45) is -0.592. The summed E-state index contributed by atoms with van der Waals surface area (Å²) in [5, 5.41) is 21.2.